The minimum Gasteiger partial charge on any atom is -0.490 e. The van der Waals surface area contributed by atoms with Crippen molar-refractivity contribution in [1.29, 1.82) is 0 Å². The topological polar surface area (TPSA) is 44.7 Å². The average molecular weight is 308 g/mol. The molecule has 122 valence electrons. The van der Waals surface area contributed by atoms with E-state index in [0.29, 0.717) is 6.54 Å². The summed E-state index contributed by atoms with van der Waals surface area (Å²) in [5.41, 5.74) is -0.580. The molecule has 4 nitrogen and oxygen atoms in total. The highest BCUT2D eigenvalue weighted by Gasteiger charge is 2.33. The first-order chi connectivity index (χ1) is 10.6. The molecule has 1 atom stereocenters. The van der Waals surface area contributed by atoms with Crippen LogP contribution in [0.5, 0.6) is 5.75 Å². The highest BCUT2D eigenvalue weighted by atomic mass is 19.1. The molecule has 0 bridgehead atoms. The van der Waals surface area contributed by atoms with Crippen LogP contribution in [-0.2, 0) is 0 Å². The smallest absolute Gasteiger partial charge is 0.123 e. The largest absolute Gasteiger partial charge is 0.490 e. The number of ether oxygens (including phenoxy) is 1. The summed E-state index contributed by atoms with van der Waals surface area (Å²) >= 11 is 0. The van der Waals surface area contributed by atoms with E-state index in [9.17, 15) is 9.50 Å². The van der Waals surface area contributed by atoms with Crippen LogP contribution in [-0.4, -0.2) is 54.4 Å². The summed E-state index contributed by atoms with van der Waals surface area (Å²) in [7, 11) is 0. The fourth-order valence-corrected chi connectivity index (χ4v) is 3.39. The van der Waals surface area contributed by atoms with E-state index in [1.807, 2.05) is 0 Å². The van der Waals surface area contributed by atoms with Gasteiger partial charge in [-0.2, -0.15) is 0 Å². The molecule has 0 saturated carbocycles. The molecule has 0 aromatic heterocycles. The fraction of sp³-hybridized carbons (Fsp3) is 0.647. The molecule has 2 aliphatic rings. The molecule has 5 heteroatoms. The van der Waals surface area contributed by atoms with Crippen molar-refractivity contribution in [2.45, 2.75) is 37.4 Å². The van der Waals surface area contributed by atoms with E-state index in [1.165, 1.54) is 12.1 Å². The van der Waals surface area contributed by atoms with Crippen LogP contribution in [0.2, 0.25) is 0 Å². The van der Waals surface area contributed by atoms with Crippen LogP contribution in [0.3, 0.4) is 0 Å². The molecular weight excluding hydrogens is 283 g/mol. The fourth-order valence-electron chi connectivity index (χ4n) is 3.39. The van der Waals surface area contributed by atoms with Gasteiger partial charge in [0.2, 0.25) is 0 Å². The SMILES string of the molecule is O[C@]1(CN2CCC(Oc3ccc(F)cc3)CC2)CCCNC1. The Kier molecular flexibility index (Phi) is 4.96. The molecule has 0 amide bonds. The molecular formula is C17H25FN2O2. The summed E-state index contributed by atoms with van der Waals surface area (Å²) < 4.78 is 18.8. The van der Waals surface area contributed by atoms with Gasteiger partial charge >= 0.3 is 0 Å². The monoisotopic (exact) mass is 308 g/mol. The molecule has 3 rings (SSSR count). The lowest BCUT2D eigenvalue weighted by Gasteiger charge is -2.40. The molecule has 2 N–H and O–H groups in total. The lowest BCUT2D eigenvalue weighted by atomic mass is 9.92. The molecule has 0 aliphatic carbocycles. The lowest BCUT2D eigenvalue weighted by Crippen LogP contribution is -2.54. The zero-order valence-electron chi connectivity index (χ0n) is 12.9. The third kappa shape index (κ3) is 4.18. The summed E-state index contributed by atoms with van der Waals surface area (Å²) in [5, 5.41) is 13.9. The number of likely N-dealkylation sites (tertiary alicyclic amines) is 1. The number of nitrogens with zero attached hydrogens (tertiary/aromatic N) is 1. The Bertz CT molecular complexity index is 466. The molecule has 1 aromatic rings. The van der Waals surface area contributed by atoms with Gasteiger partial charge in [0.25, 0.3) is 0 Å². The Labute approximate surface area is 131 Å². The molecule has 2 saturated heterocycles. The summed E-state index contributed by atoms with van der Waals surface area (Å²) in [6.07, 6.45) is 4.00. The van der Waals surface area contributed by atoms with Crippen molar-refractivity contribution in [3.63, 3.8) is 0 Å². The number of benzene rings is 1. The summed E-state index contributed by atoms with van der Waals surface area (Å²) in [5.74, 6) is 0.492. The number of β-amino-alcohol motifs (C(OH)–C–C–N with tert-alkyl or cyclic N) is 1. The van der Waals surface area contributed by atoms with Gasteiger partial charge in [-0.1, -0.05) is 0 Å². The van der Waals surface area contributed by atoms with Crippen molar-refractivity contribution in [2.24, 2.45) is 0 Å². The first-order valence-electron chi connectivity index (χ1n) is 8.21. The second kappa shape index (κ2) is 6.94. The molecule has 0 unspecified atom stereocenters. The van der Waals surface area contributed by atoms with Crippen molar-refractivity contribution >= 4 is 0 Å². The lowest BCUT2D eigenvalue weighted by molar-refractivity contribution is -0.0271. The van der Waals surface area contributed by atoms with E-state index in [-0.39, 0.29) is 11.9 Å². The van der Waals surface area contributed by atoms with Gasteiger partial charge in [-0.25, -0.2) is 4.39 Å². The van der Waals surface area contributed by atoms with E-state index in [4.69, 9.17) is 4.74 Å². The van der Waals surface area contributed by atoms with Crippen molar-refractivity contribution in [1.82, 2.24) is 10.2 Å². The number of rotatable bonds is 4. The minimum atomic E-state index is -0.580. The molecule has 2 fully saturated rings. The predicted octanol–water partition coefficient (Wildman–Crippen LogP) is 1.78. The van der Waals surface area contributed by atoms with Crippen LogP contribution in [0.1, 0.15) is 25.7 Å². The highest BCUT2D eigenvalue weighted by Crippen LogP contribution is 2.22. The minimum absolute atomic E-state index is 0.181. The van der Waals surface area contributed by atoms with E-state index in [0.717, 1.165) is 57.6 Å². The van der Waals surface area contributed by atoms with Crippen LogP contribution in [0, 0.1) is 5.82 Å². The number of nitrogens with one attached hydrogen (secondary N) is 1. The molecule has 2 aliphatic heterocycles. The van der Waals surface area contributed by atoms with Gasteiger partial charge in [0.05, 0.1) is 5.60 Å². The molecule has 0 radical (unpaired) electrons. The van der Waals surface area contributed by atoms with Gasteiger partial charge in [-0.15, -0.1) is 0 Å². The molecule has 1 aromatic carbocycles. The Morgan fingerprint density at radius 2 is 2.00 bits per heavy atom. The van der Waals surface area contributed by atoms with Crippen molar-refractivity contribution in [3.8, 4) is 5.75 Å². The van der Waals surface area contributed by atoms with Crippen LogP contribution >= 0.6 is 0 Å². The van der Waals surface area contributed by atoms with Crippen molar-refractivity contribution in [2.75, 3.05) is 32.7 Å². The molecule has 2 heterocycles. The van der Waals surface area contributed by atoms with E-state index >= 15 is 0 Å². The number of halogens is 1. The first-order valence-corrected chi connectivity index (χ1v) is 8.21. The highest BCUT2D eigenvalue weighted by molar-refractivity contribution is 5.22. The van der Waals surface area contributed by atoms with Crippen LogP contribution < -0.4 is 10.1 Å². The van der Waals surface area contributed by atoms with Crippen molar-refractivity contribution in [3.05, 3.63) is 30.1 Å². The van der Waals surface area contributed by atoms with Crippen LogP contribution in [0.15, 0.2) is 24.3 Å². The normalized spacial score (nSPS) is 27.7. The van der Waals surface area contributed by atoms with E-state index in [1.54, 1.807) is 12.1 Å². The predicted molar refractivity (Wildman–Crippen MR) is 83.5 cm³/mol. The number of aliphatic hydroxyl groups is 1. The Morgan fingerprint density at radius 1 is 1.27 bits per heavy atom. The van der Waals surface area contributed by atoms with Crippen molar-refractivity contribution < 1.29 is 14.2 Å². The Balaban J connectivity index is 1.45. The number of hydrogen-bond acceptors (Lipinski definition) is 4. The van der Waals surface area contributed by atoms with Crippen LogP contribution in [0.25, 0.3) is 0 Å². The second-order valence-electron chi connectivity index (χ2n) is 6.55. The maximum atomic E-state index is 12.9. The first kappa shape index (κ1) is 15.7. The van der Waals surface area contributed by atoms with E-state index in [2.05, 4.69) is 10.2 Å². The molecule has 22 heavy (non-hydrogen) atoms. The quantitative estimate of drug-likeness (QED) is 0.890. The van der Waals surface area contributed by atoms with Gasteiger partial charge in [0.1, 0.15) is 17.7 Å². The standard InChI is InChI=1S/C17H25FN2O2/c18-14-2-4-15(5-3-14)22-16-6-10-20(11-7-16)13-17(21)8-1-9-19-12-17/h2-5,16,19,21H,1,6-13H2/t17-/m1/s1. The van der Waals surface area contributed by atoms with Gasteiger partial charge in [0, 0.05) is 26.2 Å². The average Bonchev–Trinajstić information content (AvgIpc) is 2.52. The Hall–Kier alpha value is -1.17. The van der Waals surface area contributed by atoms with Crippen LogP contribution in [0.4, 0.5) is 4.39 Å². The maximum Gasteiger partial charge on any atom is 0.123 e. The zero-order valence-corrected chi connectivity index (χ0v) is 12.9. The summed E-state index contributed by atoms with van der Waals surface area (Å²) in [6, 6.07) is 6.21. The number of piperidine rings is 2. The maximum absolute atomic E-state index is 12.9. The third-order valence-electron chi connectivity index (χ3n) is 4.62. The van der Waals surface area contributed by atoms with Gasteiger partial charge in [-0.3, -0.25) is 0 Å². The summed E-state index contributed by atoms with van der Waals surface area (Å²) in [6.45, 7) is 4.32. The van der Waals surface area contributed by atoms with Gasteiger partial charge in [0.15, 0.2) is 0 Å². The third-order valence-corrected chi connectivity index (χ3v) is 4.62. The zero-order chi connectivity index (χ0) is 15.4. The number of hydrogen-bond donors (Lipinski definition) is 2. The van der Waals surface area contributed by atoms with E-state index < -0.39 is 5.60 Å². The van der Waals surface area contributed by atoms with Gasteiger partial charge in [-0.05, 0) is 56.5 Å². The molecule has 0 spiro atoms. The Morgan fingerprint density at radius 3 is 2.64 bits per heavy atom. The second-order valence-corrected chi connectivity index (χ2v) is 6.55. The van der Waals surface area contributed by atoms with Gasteiger partial charge < -0.3 is 20.1 Å². The summed E-state index contributed by atoms with van der Waals surface area (Å²) in [4.78, 5) is 2.33.